The Hall–Kier alpha value is -2.38. The van der Waals surface area contributed by atoms with Gasteiger partial charge in [0.2, 0.25) is 11.7 Å². The Labute approximate surface area is 162 Å². The third kappa shape index (κ3) is 3.57. The topological polar surface area (TPSA) is 85.1 Å². The molecule has 0 atom stereocenters. The lowest BCUT2D eigenvalue weighted by Gasteiger charge is -2.13. The summed E-state index contributed by atoms with van der Waals surface area (Å²) in [6.07, 6.45) is 2.11. The minimum Gasteiger partial charge on any atom is -0.339 e. The molecule has 140 valence electrons. The first kappa shape index (κ1) is 18.0. The predicted molar refractivity (Wildman–Crippen MR) is 103 cm³/mol. The molecule has 0 amide bonds. The molecule has 1 aliphatic carbocycles. The first-order chi connectivity index (χ1) is 12.8. The van der Waals surface area contributed by atoms with E-state index in [1.165, 1.54) is 0 Å². The highest BCUT2D eigenvalue weighted by molar-refractivity contribution is 7.92. The minimum absolute atomic E-state index is 0.164. The van der Waals surface area contributed by atoms with Crippen molar-refractivity contribution in [3.8, 4) is 11.4 Å². The van der Waals surface area contributed by atoms with Gasteiger partial charge in [-0.1, -0.05) is 35.0 Å². The molecule has 6 nitrogen and oxygen atoms in total. The van der Waals surface area contributed by atoms with Crippen LogP contribution >= 0.6 is 11.6 Å². The molecule has 0 saturated heterocycles. The Morgan fingerprint density at radius 3 is 2.70 bits per heavy atom. The maximum atomic E-state index is 13.0. The maximum absolute atomic E-state index is 13.0. The lowest BCUT2D eigenvalue weighted by atomic mass is 10.1. The van der Waals surface area contributed by atoms with Gasteiger partial charge in [0, 0.05) is 16.5 Å². The van der Waals surface area contributed by atoms with Gasteiger partial charge in [-0.25, -0.2) is 8.42 Å². The normalized spacial score (nSPS) is 14.3. The van der Waals surface area contributed by atoms with Gasteiger partial charge in [0.15, 0.2) is 0 Å². The van der Waals surface area contributed by atoms with Crippen molar-refractivity contribution in [1.29, 1.82) is 0 Å². The van der Waals surface area contributed by atoms with Crippen LogP contribution in [0.2, 0.25) is 5.02 Å². The van der Waals surface area contributed by atoms with E-state index in [1.54, 1.807) is 50.2 Å². The fourth-order valence-electron chi connectivity index (χ4n) is 2.80. The fourth-order valence-corrected chi connectivity index (χ4v) is 4.36. The number of rotatable bonds is 5. The Morgan fingerprint density at radius 1 is 1.19 bits per heavy atom. The first-order valence-electron chi connectivity index (χ1n) is 8.58. The van der Waals surface area contributed by atoms with Gasteiger partial charge in [-0.3, -0.25) is 4.72 Å². The molecular formula is C19H18ClN3O3S. The second-order valence-electron chi connectivity index (χ2n) is 6.73. The molecule has 1 aliphatic rings. The molecule has 1 N–H and O–H groups in total. The number of hydrogen-bond acceptors (Lipinski definition) is 5. The number of aryl methyl sites for hydroxylation is 1. The molecule has 1 fully saturated rings. The molecule has 1 heterocycles. The number of hydrogen-bond donors (Lipinski definition) is 1. The molecule has 1 aromatic heterocycles. The minimum atomic E-state index is -3.81. The van der Waals surface area contributed by atoms with Gasteiger partial charge in [-0.15, -0.1) is 0 Å². The third-order valence-electron chi connectivity index (χ3n) is 4.62. The molecule has 0 unspecified atom stereocenters. The zero-order chi connectivity index (χ0) is 19.2. The summed E-state index contributed by atoms with van der Waals surface area (Å²) in [5.41, 5.74) is 2.34. The predicted octanol–water partition coefficient (Wildman–Crippen LogP) is 4.69. The molecule has 8 heteroatoms. The molecule has 1 saturated carbocycles. The number of aromatic nitrogens is 2. The summed E-state index contributed by atoms with van der Waals surface area (Å²) >= 11 is 6.10. The van der Waals surface area contributed by atoms with E-state index >= 15 is 0 Å². The number of sulfonamides is 1. The number of benzene rings is 2. The zero-order valence-electron chi connectivity index (χ0n) is 14.9. The smallest absolute Gasteiger partial charge is 0.262 e. The summed E-state index contributed by atoms with van der Waals surface area (Å²) in [6, 6.07) is 10.2. The summed E-state index contributed by atoms with van der Waals surface area (Å²) in [6.45, 7) is 3.51. The highest BCUT2D eigenvalue weighted by atomic mass is 35.5. The van der Waals surface area contributed by atoms with Crippen molar-refractivity contribution in [2.24, 2.45) is 0 Å². The Balaban J connectivity index is 1.70. The zero-order valence-corrected chi connectivity index (χ0v) is 16.4. The average Bonchev–Trinajstić information content (AvgIpc) is 3.36. The quantitative estimate of drug-likeness (QED) is 0.668. The van der Waals surface area contributed by atoms with Crippen LogP contribution in [0.25, 0.3) is 11.4 Å². The molecule has 0 bridgehead atoms. The number of nitrogens with one attached hydrogen (secondary N) is 1. The molecule has 2 aromatic carbocycles. The second-order valence-corrected chi connectivity index (χ2v) is 8.79. The summed E-state index contributed by atoms with van der Waals surface area (Å²) in [5, 5.41) is 4.49. The molecule has 4 rings (SSSR count). The highest BCUT2D eigenvalue weighted by Gasteiger charge is 2.30. The maximum Gasteiger partial charge on any atom is 0.262 e. The van der Waals surface area contributed by atoms with E-state index in [-0.39, 0.29) is 4.90 Å². The van der Waals surface area contributed by atoms with Gasteiger partial charge < -0.3 is 4.52 Å². The summed E-state index contributed by atoms with van der Waals surface area (Å²) in [7, 11) is -3.81. The van der Waals surface area contributed by atoms with Crippen LogP contribution in [0.4, 0.5) is 5.69 Å². The largest absolute Gasteiger partial charge is 0.339 e. The van der Waals surface area contributed by atoms with Crippen LogP contribution < -0.4 is 4.72 Å². The van der Waals surface area contributed by atoms with Crippen LogP contribution in [-0.2, 0) is 10.0 Å². The highest BCUT2D eigenvalue weighted by Crippen LogP contribution is 2.39. The van der Waals surface area contributed by atoms with Crippen molar-refractivity contribution >= 4 is 27.3 Å². The van der Waals surface area contributed by atoms with Crippen LogP contribution in [0.15, 0.2) is 45.8 Å². The van der Waals surface area contributed by atoms with Crippen molar-refractivity contribution in [1.82, 2.24) is 10.1 Å². The van der Waals surface area contributed by atoms with Gasteiger partial charge in [-0.2, -0.15) is 4.98 Å². The standard InChI is InChI=1S/C19H18ClN3O3S/c1-11-6-7-14(18-21-19(26-22-18)13-8-9-13)10-17(11)27(24,25)23-16-5-3-4-15(20)12(16)2/h3-7,10,13,23H,8-9H2,1-2H3. The Kier molecular flexibility index (Phi) is 4.44. The molecule has 0 aliphatic heterocycles. The fraction of sp³-hybridized carbons (Fsp3) is 0.263. The number of anilines is 1. The molecule has 0 radical (unpaired) electrons. The van der Waals surface area contributed by atoms with Crippen LogP contribution in [-0.4, -0.2) is 18.6 Å². The van der Waals surface area contributed by atoms with Gasteiger partial charge in [0.25, 0.3) is 10.0 Å². The monoisotopic (exact) mass is 403 g/mol. The molecule has 27 heavy (non-hydrogen) atoms. The van der Waals surface area contributed by atoms with E-state index in [9.17, 15) is 8.42 Å². The molecule has 3 aromatic rings. The average molecular weight is 404 g/mol. The number of halogens is 1. The summed E-state index contributed by atoms with van der Waals surface area (Å²) in [5.74, 6) is 1.35. The Bertz CT molecular complexity index is 1120. The van der Waals surface area contributed by atoms with E-state index < -0.39 is 10.0 Å². The van der Waals surface area contributed by atoms with E-state index in [0.29, 0.717) is 45.0 Å². The third-order valence-corrected chi connectivity index (χ3v) is 6.53. The van der Waals surface area contributed by atoms with E-state index in [4.69, 9.17) is 16.1 Å². The van der Waals surface area contributed by atoms with Crippen LogP contribution in [0.1, 0.15) is 35.8 Å². The molecular weight excluding hydrogens is 386 g/mol. The summed E-state index contributed by atoms with van der Waals surface area (Å²) in [4.78, 5) is 4.56. The lowest BCUT2D eigenvalue weighted by Crippen LogP contribution is -2.15. The molecule has 0 spiro atoms. The van der Waals surface area contributed by atoms with E-state index in [2.05, 4.69) is 14.9 Å². The number of nitrogens with zero attached hydrogens (tertiary/aromatic N) is 2. The lowest BCUT2D eigenvalue weighted by molar-refractivity contribution is 0.380. The van der Waals surface area contributed by atoms with Crippen LogP contribution in [0, 0.1) is 13.8 Å². The van der Waals surface area contributed by atoms with Crippen LogP contribution in [0.5, 0.6) is 0 Å². The van der Waals surface area contributed by atoms with Crippen molar-refractivity contribution < 1.29 is 12.9 Å². The first-order valence-corrected chi connectivity index (χ1v) is 10.4. The van der Waals surface area contributed by atoms with Crippen molar-refractivity contribution in [3.05, 3.63) is 58.4 Å². The van der Waals surface area contributed by atoms with E-state index in [0.717, 1.165) is 12.8 Å². The van der Waals surface area contributed by atoms with Crippen LogP contribution in [0.3, 0.4) is 0 Å². The van der Waals surface area contributed by atoms with Crippen molar-refractivity contribution in [2.75, 3.05) is 4.72 Å². The van der Waals surface area contributed by atoms with Gasteiger partial charge >= 0.3 is 0 Å². The van der Waals surface area contributed by atoms with E-state index in [1.807, 2.05) is 0 Å². The van der Waals surface area contributed by atoms with Gasteiger partial charge in [0.05, 0.1) is 10.6 Å². The van der Waals surface area contributed by atoms with Crippen molar-refractivity contribution in [2.45, 2.75) is 37.5 Å². The van der Waals surface area contributed by atoms with Gasteiger partial charge in [-0.05, 0) is 56.0 Å². The summed E-state index contributed by atoms with van der Waals surface area (Å²) < 4.78 is 33.9. The Morgan fingerprint density at radius 2 is 1.96 bits per heavy atom. The van der Waals surface area contributed by atoms with Gasteiger partial charge in [0.1, 0.15) is 0 Å². The van der Waals surface area contributed by atoms with Crippen molar-refractivity contribution in [3.63, 3.8) is 0 Å². The second kappa shape index (κ2) is 6.65. The SMILES string of the molecule is Cc1ccc(-c2noc(C3CC3)n2)cc1S(=O)(=O)Nc1cccc(Cl)c1C.